The van der Waals surface area contributed by atoms with Crippen LogP contribution in [0, 0.1) is 6.92 Å². The number of carbonyl (C=O) groups is 2. The summed E-state index contributed by atoms with van der Waals surface area (Å²) in [7, 11) is 4.00. The number of phenols is 1. The Kier molecular flexibility index (Phi) is 11.0. The Labute approximate surface area is 252 Å². The first-order valence-electron chi connectivity index (χ1n) is 13.5. The zero-order valence-electron chi connectivity index (χ0n) is 23.6. The largest absolute Gasteiger partial charge is 0.508 e. The van der Waals surface area contributed by atoms with E-state index in [1.807, 2.05) is 27.1 Å². The molecule has 0 aliphatic heterocycles. The smallest absolute Gasteiger partial charge is 0.329 e. The van der Waals surface area contributed by atoms with Crippen LogP contribution in [0.3, 0.4) is 0 Å². The van der Waals surface area contributed by atoms with Crippen molar-refractivity contribution in [1.29, 1.82) is 0 Å². The van der Waals surface area contributed by atoms with E-state index < -0.39 is 17.4 Å². The number of rotatable bonds is 10. The van der Waals surface area contributed by atoms with Crippen molar-refractivity contribution in [1.82, 2.24) is 15.2 Å². The number of nitrogens with one attached hydrogen (secondary N) is 1. The third kappa shape index (κ3) is 7.50. The molecule has 1 fully saturated rings. The van der Waals surface area contributed by atoms with Crippen LogP contribution in [0.4, 0.5) is 0 Å². The van der Waals surface area contributed by atoms with Crippen LogP contribution in [-0.4, -0.2) is 64.8 Å². The van der Waals surface area contributed by atoms with Crippen molar-refractivity contribution in [3.63, 3.8) is 0 Å². The fraction of sp³-hybridized carbons (Fsp3) is 0.387. The summed E-state index contributed by atoms with van der Waals surface area (Å²) >= 11 is 6.45. The molecule has 4 rings (SSSR count). The number of hydrogen-bond donors (Lipinski definition) is 3. The number of aromatic nitrogens is 1. The molecule has 10 heteroatoms. The Morgan fingerprint density at radius 3 is 2.49 bits per heavy atom. The zero-order valence-corrected chi connectivity index (χ0v) is 25.1. The van der Waals surface area contributed by atoms with Crippen LogP contribution in [0.1, 0.15) is 54.6 Å². The minimum Gasteiger partial charge on any atom is -0.508 e. The van der Waals surface area contributed by atoms with Crippen LogP contribution >= 0.6 is 24.0 Å². The van der Waals surface area contributed by atoms with E-state index >= 15 is 0 Å². The molecule has 3 aromatic rings. The summed E-state index contributed by atoms with van der Waals surface area (Å²) in [5.74, 6) is -0.924. The summed E-state index contributed by atoms with van der Waals surface area (Å²) in [6, 6.07) is 13.9. The van der Waals surface area contributed by atoms with Gasteiger partial charge in [0.05, 0.1) is 17.3 Å². The van der Waals surface area contributed by atoms with Crippen LogP contribution in [0.25, 0.3) is 22.4 Å². The Hall–Kier alpha value is -3.33. The molecule has 1 aliphatic carbocycles. The molecule has 0 atom stereocenters. The summed E-state index contributed by atoms with van der Waals surface area (Å²) in [6.45, 7) is 3.16. The van der Waals surface area contributed by atoms with E-state index in [2.05, 4.69) is 10.2 Å². The number of phenolic OH excluding ortho intramolecular Hbond substituents is 1. The molecule has 1 aromatic heterocycles. The van der Waals surface area contributed by atoms with Gasteiger partial charge in [0.1, 0.15) is 22.7 Å². The highest BCUT2D eigenvalue weighted by atomic mass is 35.5. The molecule has 0 saturated heterocycles. The number of aromatic hydroxyl groups is 1. The number of amides is 1. The van der Waals surface area contributed by atoms with Gasteiger partial charge in [0, 0.05) is 17.7 Å². The normalized spacial score (nSPS) is 14.3. The van der Waals surface area contributed by atoms with Gasteiger partial charge in [0.15, 0.2) is 0 Å². The molecule has 1 amide bonds. The lowest BCUT2D eigenvalue weighted by atomic mass is 9.81. The average molecular weight is 603 g/mol. The molecule has 0 bridgehead atoms. The van der Waals surface area contributed by atoms with E-state index in [9.17, 15) is 19.8 Å². The number of carboxylic acid groups (broad SMARTS) is 1. The van der Waals surface area contributed by atoms with Gasteiger partial charge in [-0.05, 0) is 81.7 Å². The number of halogens is 2. The van der Waals surface area contributed by atoms with Crippen molar-refractivity contribution < 1.29 is 24.5 Å². The highest BCUT2D eigenvalue weighted by molar-refractivity contribution is 6.32. The van der Waals surface area contributed by atoms with Crippen molar-refractivity contribution in [3.8, 4) is 33.9 Å². The highest BCUT2D eigenvalue weighted by Crippen LogP contribution is 2.38. The van der Waals surface area contributed by atoms with E-state index in [1.165, 1.54) is 0 Å². The Bertz CT molecular complexity index is 1390. The topological polar surface area (TPSA) is 112 Å². The highest BCUT2D eigenvalue weighted by Gasteiger charge is 2.41. The third-order valence-electron chi connectivity index (χ3n) is 7.40. The van der Waals surface area contributed by atoms with Crippen LogP contribution in [0.2, 0.25) is 5.02 Å². The molecular formula is C31H37Cl2N3O5. The number of carbonyl (C=O) groups excluding carboxylic acids is 1. The van der Waals surface area contributed by atoms with Crippen LogP contribution in [-0.2, 0) is 4.79 Å². The lowest BCUT2D eigenvalue weighted by Gasteiger charge is -2.33. The second kappa shape index (κ2) is 14.0. The molecule has 2 aromatic carbocycles. The molecule has 3 N–H and O–H groups in total. The Balaban J connectivity index is 0.00000462. The van der Waals surface area contributed by atoms with Gasteiger partial charge in [-0.3, -0.25) is 4.79 Å². The first-order chi connectivity index (χ1) is 19.1. The van der Waals surface area contributed by atoms with Crippen molar-refractivity contribution >= 4 is 35.9 Å². The van der Waals surface area contributed by atoms with Gasteiger partial charge in [0.25, 0.3) is 5.91 Å². The number of benzene rings is 2. The standard InChI is InChI=1S/C31H36ClN3O5.ClH/c1-20-22(9-7-10-26(20)36)23-12-14-25(29(37)34-31(30(38)39)15-5-4-6-16-31)33-28(23)21-11-13-24(32)27(19-21)40-18-8-17-35(2)3;/h7,9-14,19,36H,4-6,8,15-18H2,1-3H3,(H,34,37)(H,38,39);1H. The van der Waals surface area contributed by atoms with Crippen molar-refractivity contribution in [3.05, 3.63) is 64.8 Å². The maximum absolute atomic E-state index is 13.4. The molecule has 0 spiro atoms. The summed E-state index contributed by atoms with van der Waals surface area (Å²) in [6.07, 6.45) is 4.01. The maximum atomic E-state index is 13.4. The molecule has 1 saturated carbocycles. The van der Waals surface area contributed by atoms with E-state index in [1.54, 1.807) is 42.5 Å². The quantitative estimate of drug-likeness (QED) is 0.232. The second-order valence-electron chi connectivity index (χ2n) is 10.6. The first-order valence-corrected chi connectivity index (χ1v) is 13.9. The summed E-state index contributed by atoms with van der Waals surface area (Å²) < 4.78 is 5.98. The SMILES string of the molecule is Cc1c(O)cccc1-c1ccc(C(=O)NC2(C(=O)O)CCCCC2)nc1-c1ccc(Cl)c(OCCCN(C)C)c1.Cl. The molecular weight excluding hydrogens is 565 g/mol. The minimum atomic E-state index is -1.30. The maximum Gasteiger partial charge on any atom is 0.329 e. The molecule has 41 heavy (non-hydrogen) atoms. The fourth-order valence-corrected chi connectivity index (χ4v) is 5.26. The predicted octanol–water partition coefficient (Wildman–Crippen LogP) is 6.35. The monoisotopic (exact) mass is 601 g/mol. The molecule has 0 unspecified atom stereocenters. The van der Waals surface area contributed by atoms with Gasteiger partial charge in [-0.1, -0.05) is 49.1 Å². The van der Waals surface area contributed by atoms with Gasteiger partial charge in [0.2, 0.25) is 0 Å². The minimum absolute atomic E-state index is 0. The van der Waals surface area contributed by atoms with Crippen LogP contribution < -0.4 is 10.1 Å². The number of pyridine rings is 1. The molecule has 8 nitrogen and oxygen atoms in total. The van der Waals surface area contributed by atoms with Gasteiger partial charge >= 0.3 is 5.97 Å². The number of carboxylic acids is 1. The second-order valence-corrected chi connectivity index (χ2v) is 11.0. The Morgan fingerprint density at radius 1 is 1.07 bits per heavy atom. The van der Waals surface area contributed by atoms with Crippen molar-refractivity contribution in [2.45, 2.75) is 51.0 Å². The summed E-state index contributed by atoms with van der Waals surface area (Å²) in [4.78, 5) is 32.4. The zero-order chi connectivity index (χ0) is 28.9. The van der Waals surface area contributed by atoms with Gasteiger partial charge in [-0.2, -0.15) is 0 Å². The Morgan fingerprint density at radius 2 is 1.80 bits per heavy atom. The molecule has 220 valence electrons. The fourth-order valence-electron chi connectivity index (χ4n) is 5.09. The van der Waals surface area contributed by atoms with E-state index in [0.29, 0.717) is 52.6 Å². The summed E-state index contributed by atoms with van der Waals surface area (Å²) in [5.41, 5.74) is 2.10. The van der Waals surface area contributed by atoms with Gasteiger partial charge in [-0.15, -0.1) is 12.4 Å². The van der Waals surface area contributed by atoms with E-state index in [-0.39, 0.29) is 23.9 Å². The van der Waals surface area contributed by atoms with E-state index in [0.717, 1.165) is 37.8 Å². The van der Waals surface area contributed by atoms with Crippen molar-refractivity contribution in [2.75, 3.05) is 27.2 Å². The number of nitrogens with zero attached hydrogens (tertiary/aromatic N) is 2. The number of hydrogen-bond acceptors (Lipinski definition) is 6. The van der Waals surface area contributed by atoms with Crippen molar-refractivity contribution in [2.24, 2.45) is 0 Å². The molecule has 0 radical (unpaired) electrons. The number of aliphatic carboxylic acids is 1. The number of ether oxygens (including phenoxy) is 1. The van der Waals surface area contributed by atoms with E-state index in [4.69, 9.17) is 21.3 Å². The molecule has 1 heterocycles. The van der Waals surface area contributed by atoms with Gasteiger partial charge in [-0.25, -0.2) is 9.78 Å². The summed E-state index contributed by atoms with van der Waals surface area (Å²) in [5, 5.41) is 23.6. The van der Waals surface area contributed by atoms with Crippen LogP contribution in [0.5, 0.6) is 11.5 Å². The predicted molar refractivity (Wildman–Crippen MR) is 163 cm³/mol. The lowest BCUT2D eigenvalue weighted by Crippen LogP contribution is -2.55. The van der Waals surface area contributed by atoms with Crippen LogP contribution in [0.15, 0.2) is 48.5 Å². The third-order valence-corrected chi connectivity index (χ3v) is 7.72. The van der Waals surface area contributed by atoms with Gasteiger partial charge < -0.3 is 25.2 Å². The lowest BCUT2D eigenvalue weighted by molar-refractivity contribution is -0.145. The first kappa shape index (κ1) is 32.2. The molecule has 1 aliphatic rings. The average Bonchev–Trinajstić information content (AvgIpc) is 2.93.